The maximum atomic E-state index is 12.6. The van der Waals surface area contributed by atoms with E-state index in [9.17, 15) is 24.9 Å². The molecule has 0 aliphatic heterocycles. The van der Waals surface area contributed by atoms with Crippen LogP contribution in [0.2, 0.25) is 0 Å². The van der Waals surface area contributed by atoms with Gasteiger partial charge in [0.1, 0.15) is 6.10 Å². The third-order valence-electron chi connectivity index (χ3n) is 10.6. The van der Waals surface area contributed by atoms with Crippen molar-refractivity contribution in [2.45, 2.75) is 109 Å². The predicted molar refractivity (Wildman–Crippen MR) is 139 cm³/mol. The number of carboxylic acid groups (broad SMARTS) is 1. The maximum absolute atomic E-state index is 12.6. The number of hydrogen-bond acceptors (Lipinski definition) is 8. The minimum absolute atomic E-state index is 0.0122. The first kappa shape index (κ1) is 28.2. The molecule has 37 heavy (non-hydrogen) atoms. The number of hydrogen-bond donors (Lipinski definition) is 6. The van der Waals surface area contributed by atoms with Crippen LogP contribution in [0.25, 0.3) is 0 Å². The summed E-state index contributed by atoms with van der Waals surface area (Å²) in [7, 11) is 0. The van der Waals surface area contributed by atoms with Crippen LogP contribution in [0, 0.1) is 28.6 Å². The highest BCUT2D eigenvalue weighted by Crippen LogP contribution is 2.69. The zero-order chi connectivity index (χ0) is 27.7. The largest absolute Gasteiger partial charge is 0.478 e. The summed E-state index contributed by atoms with van der Waals surface area (Å²) in [6.45, 7) is 9.22. The molecule has 0 bridgehead atoms. The number of carbonyl (C=O) groups excluding carboxylic acids is 1. The molecular formula is C28H45N3O6. The van der Waals surface area contributed by atoms with Crippen molar-refractivity contribution in [1.82, 2.24) is 0 Å². The molecule has 9 heteroatoms. The molecule has 9 N–H and O–H groups in total. The molecule has 0 amide bonds. The molecule has 4 saturated carbocycles. The van der Waals surface area contributed by atoms with E-state index in [0.29, 0.717) is 44.1 Å². The molecule has 0 radical (unpaired) electrons. The van der Waals surface area contributed by atoms with Crippen molar-refractivity contribution in [3.05, 3.63) is 22.8 Å². The van der Waals surface area contributed by atoms with Crippen LogP contribution in [-0.4, -0.2) is 63.2 Å². The number of ether oxygens (including phenoxy) is 1. The lowest BCUT2D eigenvalue weighted by molar-refractivity contribution is -0.193. The van der Waals surface area contributed by atoms with Crippen molar-refractivity contribution >= 4 is 11.9 Å². The molecule has 0 aromatic rings. The standard InChI is InChI=1S/C28H45N3O6/c1-13(2)10-17(29)22(25(35)36)21-16-11-19(34)24-26(4)8-7-18(33)23(30)15(26)6-9-28(24,31)27(16,5)12-20(21)37-14(3)32/h10,15-20,23-24,33-34H,6-9,11-12,29-31H2,1-5H3,(H,35,36)/b22-21-/t15-,16-,17-,18+,19+,20-,23-,24-,26-,27-,28+/m0/s1. The third-order valence-corrected chi connectivity index (χ3v) is 10.6. The number of aliphatic hydroxyl groups excluding tert-OH is 2. The Balaban J connectivity index is 1.88. The quantitative estimate of drug-likeness (QED) is 0.182. The number of carboxylic acids is 1. The Hall–Kier alpha value is -1.78. The lowest BCUT2D eigenvalue weighted by Crippen LogP contribution is -2.75. The van der Waals surface area contributed by atoms with Crippen molar-refractivity contribution < 1.29 is 29.6 Å². The van der Waals surface area contributed by atoms with Gasteiger partial charge in [-0.05, 0) is 80.6 Å². The van der Waals surface area contributed by atoms with Gasteiger partial charge >= 0.3 is 11.9 Å². The van der Waals surface area contributed by atoms with Crippen LogP contribution in [-0.2, 0) is 14.3 Å². The fourth-order valence-electron chi connectivity index (χ4n) is 9.07. The lowest BCUT2D eigenvalue weighted by atomic mass is 9.39. The normalized spacial score (nSPS) is 47.1. The monoisotopic (exact) mass is 519 g/mol. The van der Waals surface area contributed by atoms with E-state index < -0.39 is 53.2 Å². The molecule has 4 fully saturated rings. The van der Waals surface area contributed by atoms with Crippen LogP contribution in [0.15, 0.2) is 22.8 Å². The van der Waals surface area contributed by atoms with Gasteiger partial charge in [-0.25, -0.2) is 4.79 Å². The third kappa shape index (κ3) is 4.18. The average molecular weight is 520 g/mol. The highest BCUT2D eigenvalue weighted by molar-refractivity contribution is 5.90. The number of aliphatic hydroxyl groups is 2. The van der Waals surface area contributed by atoms with Crippen molar-refractivity contribution in [2.75, 3.05) is 0 Å². The Kier molecular flexibility index (Phi) is 7.21. The second kappa shape index (κ2) is 9.45. The van der Waals surface area contributed by atoms with Gasteiger partial charge in [-0.3, -0.25) is 4.79 Å². The second-order valence-corrected chi connectivity index (χ2v) is 12.9. The molecule has 11 atom stereocenters. The zero-order valence-electron chi connectivity index (χ0n) is 22.7. The molecule has 208 valence electrons. The van der Waals surface area contributed by atoms with Gasteiger partial charge in [0.2, 0.25) is 0 Å². The lowest BCUT2D eigenvalue weighted by Gasteiger charge is -2.68. The number of rotatable bonds is 4. The first-order valence-corrected chi connectivity index (χ1v) is 13.5. The maximum Gasteiger partial charge on any atom is 0.333 e. The highest BCUT2D eigenvalue weighted by atomic mass is 16.5. The van der Waals surface area contributed by atoms with E-state index in [4.69, 9.17) is 21.9 Å². The summed E-state index contributed by atoms with van der Waals surface area (Å²) in [6, 6.07) is -1.28. The summed E-state index contributed by atoms with van der Waals surface area (Å²) in [5.74, 6) is -2.35. The van der Waals surface area contributed by atoms with E-state index in [1.165, 1.54) is 6.92 Å². The molecule has 4 rings (SSSR count). The molecule has 0 aromatic heterocycles. The van der Waals surface area contributed by atoms with Crippen molar-refractivity contribution in [3.63, 3.8) is 0 Å². The smallest absolute Gasteiger partial charge is 0.333 e. The highest BCUT2D eigenvalue weighted by Gasteiger charge is 2.71. The summed E-state index contributed by atoms with van der Waals surface area (Å²) in [6.07, 6.45) is 2.72. The van der Waals surface area contributed by atoms with Crippen LogP contribution in [0.5, 0.6) is 0 Å². The first-order valence-electron chi connectivity index (χ1n) is 13.5. The van der Waals surface area contributed by atoms with Gasteiger partial charge in [-0.2, -0.15) is 0 Å². The van der Waals surface area contributed by atoms with Crippen molar-refractivity contribution in [2.24, 2.45) is 45.8 Å². The number of aliphatic carboxylic acids is 1. The molecule has 0 spiro atoms. The topological polar surface area (TPSA) is 182 Å². The number of esters is 1. The van der Waals surface area contributed by atoms with E-state index >= 15 is 0 Å². The van der Waals surface area contributed by atoms with Crippen LogP contribution in [0.4, 0.5) is 0 Å². The van der Waals surface area contributed by atoms with Gasteiger partial charge in [0, 0.05) is 24.4 Å². The van der Waals surface area contributed by atoms with E-state index in [2.05, 4.69) is 13.8 Å². The summed E-state index contributed by atoms with van der Waals surface area (Å²) >= 11 is 0. The second-order valence-electron chi connectivity index (χ2n) is 12.9. The molecule has 9 nitrogen and oxygen atoms in total. The van der Waals surface area contributed by atoms with Crippen molar-refractivity contribution in [3.8, 4) is 0 Å². The Morgan fingerprint density at radius 1 is 1.11 bits per heavy atom. The fourth-order valence-corrected chi connectivity index (χ4v) is 9.07. The molecular weight excluding hydrogens is 474 g/mol. The molecule has 4 aliphatic carbocycles. The SMILES string of the molecule is CC(=O)O[C@H]1C[C@@]2(C)[C@@H](C[C@@H](O)[C@H]3[C@@]4(C)CC[C@@H](O)[C@@H](N)[C@@H]4CC[C@@]32N)/C1=C(/C(=O)O)[C@@H](N)C=C(C)C. The van der Waals surface area contributed by atoms with Gasteiger partial charge < -0.3 is 37.3 Å². The number of fused-ring (bicyclic) bond motifs is 5. The average Bonchev–Trinajstić information content (AvgIpc) is 3.02. The van der Waals surface area contributed by atoms with E-state index in [-0.39, 0.29) is 28.9 Å². The summed E-state index contributed by atoms with van der Waals surface area (Å²) in [4.78, 5) is 24.8. The van der Waals surface area contributed by atoms with Crippen LogP contribution >= 0.6 is 0 Å². The van der Waals surface area contributed by atoms with E-state index in [1.807, 2.05) is 13.8 Å². The van der Waals surface area contributed by atoms with Gasteiger partial charge in [-0.15, -0.1) is 0 Å². The van der Waals surface area contributed by atoms with Crippen LogP contribution < -0.4 is 17.2 Å². The van der Waals surface area contributed by atoms with Gasteiger partial charge in [0.15, 0.2) is 0 Å². The zero-order valence-corrected chi connectivity index (χ0v) is 22.7. The van der Waals surface area contributed by atoms with Crippen molar-refractivity contribution in [1.29, 1.82) is 0 Å². The summed E-state index contributed by atoms with van der Waals surface area (Å²) < 4.78 is 5.76. The van der Waals surface area contributed by atoms with Gasteiger partial charge in [0.05, 0.1) is 23.8 Å². The molecule has 0 saturated heterocycles. The Labute approximate surface area is 219 Å². The minimum atomic E-state index is -1.16. The minimum Gasteiger partial charge on any atom is -0.478 e. The van der Waals surface area contributed by atoms with E-state index in [0.717, 1.165) is 5.57 Å². The summed E-state index contributed by atoms with van der Waals surface area (Å²) in [5.41, 5.74) is 19.8. The Morgan fingerprint density at radius 2 is 1.76 bits per heavy atom. The number of nitrogens with two attached hydrogens (primary N) is 3. The molecule has 0 aromatic carbocycles. The first-order chi connectivity index (χ1) is 17.1. The van der Waals surface area contributed by atoms with Crippen LogP contribution in [0.3, 0.4) is 0 Å². The number of allylic oxidation sites excluding steroid dienone is 1. The van der Waals surface area contributed by atoms with E-state index in [1.54, 1.807) is 6.08 Å². The van der Waals surface area contributed by atoms with Gasteiger partial charge in [-0.1, -0.05) is 25.5 Å². The predicted octanol–water partition coefficient (Wildman–Crippen LogP) is 1.60. The Bertz CT molecular complexity index is 1020. The summed E-state index contributed by atoms with van der Waals surface area (Å²) in [5, 5.41) is 32.6. The fraction of sp³-hybridized carbons (Fsp3) is 0.786. The van der Waals surface area contributed by atoms with Crippen LogP contribution in [0.1, 0.15) is 73.1 Å². The molecule has 4 aliphatic rings. The number of carbonyl (C=O) groups is 2. The molecule has 0 unspecified atom stereocenters. The Morgan fingerprint density at radius 3 is 2.32 bits per heavy atom. The molecule has 0 heterocycles. The van der Waals surface area contributed by atoms with Gasteiger partial charge in [0.25, 0.3) is 0 Å².